The Hall–Kier alpha value is -3.00. The number of nitrogens with zero attached hydrogens (tertiary/aromatic N) is 4. The van der Waals surface area contributed by atoms with Crippen LogP contribution >= 0.6 is 11.3 Å². The lowest BCUT2D eigenvalue weighted by Gasteiger charge is -2.15. The minimum Gasteiger partial charge on any atom is -0.484 e. The Morgan fingerprint density at radius 1 is 1.20 bits per heavy atom. The van der Waals surface area contributed by atoms with Gasteiger partial charge in [-0.1, -0.05) is 0 Å². The minimum atomic E-state index is 0.0497. The molecule has 4 rings (SSSR count). The molecule has 0 atom stereocenters. The van der Waals surface area contributed by atoms with Gasteiger partial charge < -0.3 is 9.64 Å². The van der Waals surface area contributed by atoms with Gasteiger partial charge in [-0.2, -0.15) is 5.10 Å². The third-order valence-corrected chi connectivity index (χ3v) is 6.50. The second-order valence-electron chi connectivity index (χ2n) is 7.40. The van der Waals surface area contributed by atoms with Crippen molar-refractivity contribution in [2.24, 2.45) is 5.10 Å². The van der Waals surface area contributed by atoms with E-state index in [1.165, 1.54) is 10.4 Å². The van der Waals surface area contributed by atoms with Crippen LogP contribution in [0.5, 0.6) is 5.75 Å². The van der Waals surface area contributed by atoms with Crippen LogP contribution in [0, 0.1) is 13.8 Å². The molecule has 0 aliphatic carbocycles. The van der Waals surface area contributed by atoms with Gasteiger partial charge in [-0.3, -0.25) is 10.2 Å². The number of fused-ring (bicyclic) bond motifs is 1. The van der Waals surface area contributed by atoms with Gasteiger partial charge in [0.15, 0.2) is 12.4 Å². The quantitative estimate of drug-likeness (QED) is 0.476. The SMILES string of the molecule is C/C(=N\Nc1ncnc2sc(C)c(C)c12)c1ccc(OCC(=O)N2CCCC2)cc1. The normalized spacial score (nSPS) is 14.4. The molecule has 0 spiro atoms. The zero-order valence-electron chi connectivity index (χ0n) is 17.4. The molecule has 1 aromatic carbocycles. The zero-order valence-corrected chi connectivity index (χ0v) is 18.3. The number of hydrazone groups is 1. The first-order valence-corrected chi connectivity index (χ1v) is 10.9. The first-order valence-electron chi connectivity index (χ1n) is 10.0. The molecule has 0 unspecified atom stereocenters. The number of ether oxygens (including phenoxy) is 1. The van der Waals surface area contributed by atoms with Gasteiger partial charge in [0.25, 0.3) is 5.91 Å². The van der Waals surface area contributed by atoms with Gasteiger partial charge in [0.05, 0.1) is 11.1 Å². The standard InChI is InChI=1S/C22H25N5O2S/c1-14-16(3)30-22-20(14)21(23-13-24-22)26-25-15(2)17-6-8-18(9-7-17)29-12-19(28)27-10-4-5-11-27/h6-9,13H,4-5,10-12H2,1-3H3,(H,23,24,26)/b25-15+. The molecule has 30 heavy (non-hydrogen) atoms. The number of hydrogen-bond acceptors (Lipinski definition) is 7. The summed E-state index contributed by atoms with van der Waals surface area (Å²) < 4.78 is 5.65. The number of benzene rings is 1. The fraction of sp³-hybridized carbons (Fsp3) is 0.364. The van der Waals surface area contributed by atoms with E-state index in [4.69, 9.17) is 4.74 Å². The Balaban J connectivity index is 1.40. The van der Waals surface area contributed by atoms with Crippen LogP contribution in [-0.2, 0) is 4.79 Å². The van der Waals surface area contributed by atoms with E-state index in [2.05, 4.69) is 34.3 Å². The monoisotopic (exact) mass is 423 g/mol. The molecule has 8 heteroatoms. The molecule has 1 saturated heterocycles. The second kappa shape index (κ2) is 8.79. The molecular weight excluding hydrogens is 398 g/mol. The van der Waals surface area contributed by atoms with Gasteiger partial charge >= 0.3 is 0 Å². The maximum Gasteiger partial charge on any atom is 0.260 e. The van der Waals surface area contributed by atoms with E-state index >= 15 is 0 Å². The summed E-state index contributed by atoms with van der Waals surface area (Å²) >= 11 is 1.66. The van der Waals surface area contributed by atoms with Gasteiger partial charge in [-0.15, -0.1) is 11.3 Å². The molecular formula is C22H25N5O2S. The number of aromatic nitrogens is 2. The Labute approximate surface area is 179 Å². The van der Waals surface area contributed by atoms with Gasteiger partial charge in [-0.25, -0.2) is 9.97 Å². The van der Waals surface area contributed by atoms with Gasteiger partial charge in [0, 0.05) is 18.0 Å². The van der Waals surface area contributed by atoms with Crippen molar-refractivity contribution in [2.75, 3.05) is 25.1 Å². The molecule has 1 aliphatic rings. The number of likely N-dealkylation sites (tertiary alicyclic amines) is 1. The van der Waals surface area contributed by atoms with Crippen LogP contribution in [-0.4, -0.2) is 46.2 Å². The summed E-state index contributed by atoms with van der Waals surface area (Å²) in [5, 5.41) is 5.52. The fourth-order valence-electron chi connectivity index (χ4n) is 3.46. The summed E-state index contributed by atoms with van der Waals surface area (Å²) in [5.74, 6) is 1.43. The third-order valence-electron chi connectivity index (χ3n) is 5.39. The average Bonchev–Trinajstić information content (AvgIpc) is 3.40. The Kier molecular flexibility index (Phi) is 5.94. The minimum absolute atomic E-state index is 0.0497. The van der Waals surface area contributed by atoms with E-state index in [0.717, 1.165) is 47.4 Å². The highest BCUT2D eigenvalue weighted by molar-refractivity contribution is 7.18. The molecule has 1 amide bonds. The number of carbonyl (C=O) groups is 1. The zero-order chi connectivity index (χ0) is 21.1. The predicted octanol–water partition coefficient (Wildman–Crippen LogP) is 4.15. The van der Waals surface area contributed by atoms with Crippen LogP contribution in [0.2, 0.25) is 0 Å². The Morgan fingerprint density at radius 3 is 2.67 bits per heavy atom. The second-order valence-corrected chi connectivity index (χ2v) is 8.60. The highest BCUT2D eigenvalue weighted by atomic mass is 32.1. The maximum absolute atomic E-state index is 12.1. The van der Waals surface area contributed by atoms with Crippen molar-refractivity contribution in [3.8, 4) is 5.75 Å². The van der Waals surface area contributed by atoms with Crippen LogP contribution < -0.4 is 10.2 Å². The van der Waals surface area contributed by atoms with Crippen molar-refractivity contribution in [3.05, 3.63) is 46.6 Å². The summed E-state index contributed by atoms with van der Waals surface area (Å²) in [6, 6.07) is 7.60. The van der Waals surface area contributed by atoms with Crippen molar-refractivity contribution >= 4 is 39.0 Å². The summed E-state index contributed by atoms with van der Waals surface area (Å²) in [4.78, 5) is 24.9. The van der Waals surface area contributed by atoms with Crippen molar-refractivity contribution in [2.45, 2.75) is 33.6 Å². The summed E-state index contributed by atoms with van der Waals surface area (Å²) in [6.45, 7) is 7.86. The van der Waals surface area contributed by atoms with E-state index < -0.39 is 0 Å². The number of anilines is 1. The molecule has 3 aromatic rings. The molecule has 1 aliphatic heterocycles. The average molecular weight is 424 g/mol. The number of amides is 1. The number of hydrogen-bond donors (Lipinski definition) is 1. The molecule has 2 aromatic heterocycles. The molecule has 156 valence electrons. The molecule has 3 heterocycles. The van der Waals surface area contributed by atoms with Crippen molar-refractivity contribution in [3.63, 3.8) is 0 Å². The van der Waals surface area contributed by atoms with Crippen LogP contribution in [0.15, 0.2) is 35.7 Å². The fourth-order valence-corrected chi connectivity index (χ4v) is 4.46. The lowest BCUT2D eigenvalue weighted by Crippen LogP contribution is -2.32. The maximum atomic E-state index is 12.1. The van der Waals surface area contributed by atoms with Crippen LogP contribution in [0.1, 0.15) is 35.8 Å². The number of aryl methyl sites for hydroxylation is 2. The number of nitrogens with one attached hydrogen (secondary N) is 1. The van der Waals surface area contributed by atoms with Crippen LogP contribution in [0.4, 0.5) is 5.82 Å². The van der Waals surface area contributed by atoms with Crippen LogP contribution in [0.3, 0.4) is 0 Å². The lowest BCUT2D eigenvalue weighted by atomic mass is 10.1. The largest absolute Gasteiger partial charge is 0.484 e. The van der Waals surface area contributed by atoms with Crippen molar-refractivity contribution < 1.29 is 9.53 Å². The molecule has 1 fully saturated rings. The molecule has 7 nitrogen and oxygen atoms in total. The molecule has 1 N–H and O–H groups in total. The van der Waals surface area contributed by atoms with Gasteiger partial charge in [0.1, 0.15) is 16.9 Å². The van der Waals surface area contributed by atoms with E-state index in [1.54, 1.807) is 17.7 Å². The highest BCUT2D eigenvalue weighted by Crippen LogP contribution is 2.32. The summed E-state index contributed by atoms with van der Waals surface area (Å²) in [6.07, 6.45) is 3.72. The third kappa shape index (κ3) is 4.28. The number of thiophene rings is 1. The van der Waals surface area contributed by atoms with E-state index in [1.807, 2.05) is 36.1 Å². The molecule has 0 saturated carbocycles. The highest BCUT2D eigenvalue weighted by Gasteiger charge is 2.18. The van der Waals surface area contributed by atoms with E-state index in [9.17, 15) is 4.79 Å². The van der Waals surface area contributed by atoms with Gasteiger partial charge in [0.2, 0.25) is 0 Å². The molecule has 0 radical (unpaired) electrons. The summed E-state index contributed by atoms with van der Waals surface area (Å²) in [7, 11) is 0. The van der Waals surface area contributed by atoms with E-state index in [0.29, 0.717) is 11.6 Å². The van der Waals surface area contributed by atoms with Crippen molar-refractivity contribution in [1.29, 1.82) is 0 Å². The molecule has 0 bridgehead atoms. The topological polar surface area (TPSA) is 79.7 Å². The Morgan fingerprint density at radius 2 is 1.93 bits per heavy atom. The van der Waals surface area contributed by atoms with Gasteiger partial charge in [-0.05, 0) is 69.0 Å². The predicted molar refractivity (Wildman–Crippen MR) is 120 cm³/mol. The van der Waals surface area contributed by atoms with E-state index in [-0.39, 0.29) is 12.5 Å². The summed E-state index contributed by atoms with van der Waals surface area (Å²) in [5.41, 5.74) is 6.05. The van der Waals surface area contributed by atoms with Crippen LogP contribution in [0.25, 0.3) is 10.2 Å². The van der Waals surface area contributed by atoms with Crippen molar-refractivity contribution in [1.82, 2.24) is 14.9 Å². The first-order chi connectivity index (χ1) is 14.5. The number of rotatable bonds is 6. The first kappa shape index (κ1) is 20.3. The Bertz CT molecular complexity index is 1080. The lowest BCUT2D eigenvalue weighted by molar-refractivity contribution is -0.132. The smallest absolute Gasteiger partial charge is 0.260 e. The number of carbonyl (C=O) groups excluding carboxylic acids is 1.